The second kappa shape index (κ2) is 8.63. The van der Waals surface area contributed by atoms with Gasteiger partial charge in [-0.15, -0.1) is 0 Å². The number of carbonyl (C=O) groups is 1. The molecule has 0 aromatic heterocycles. The second-order valence-corrected chi connectivity index (χ2v) is 7.39. The maximum absolute atomic E-state index is 11.4. The molecule has 2 saturated heterocycles. The minimum Gasteiger partial charge on any atom is -0.366 e. The minimum absolute atomic E-state index is 0.338. The first-order chi connectivity index (χ1) is 11.8. The third-order valence-corrected chi connectivity index (χ3v) is 5.84. The number of hydrogen-bond donors (Lipinski definition) is 3. The Bertz CT molecular complexity index is 492. The van der Waals surface area contributed by atoms with Crippen LogP contribution in [0.5, 0.6) is 0 Å². The number of carbonyl (C=O) groups excluding carboxylic acids is 1. The summed E-state index contributed by atoms with van der Waals surface area (Å²) in [5.74, 6) is 1.74. The SMILES string of the molecule is NC(=O)c1ccc(C(C2CCCNCC2)C2CCCNCC2)cc1. The Hall–Kier alpha value is -1.39. The average Bonchev–Trinajstić information content (AvgIpc) is 3.01. The summed E-state index contributed by atoms with van der Waals surface area (Å²) in [5.41, 5.74) is 7.43. The van der Waals surface area contributed by atoms with Crippen molar-refractivity contribution in [3.63, 3.8) is 0 Å². The molecule has 4 heteroatoms. The summed E-state index contributed by atoms with van der Waals surface area (Å²) in [6, 6.07) is 8.13. The van der Waals surface area contributed by atoms with Crippen LogP contribution in [0, 0.1) is 11.8 Å². The summed E-state index contributed by atoms with van der Waals surface area (Å²) in [7, 11) is 0. The molecule has 2 atom stereocenters. The Kier molecular flexibility index (Phi) is 6.27. The van der Waals surface area contributed by atoms with Crippen molar-refractivity contribution in [3.8, 4) is 0 Å². The molecule has 24 heavy (non-hydrogen) atoms. The number of amides is 1. The van der Waals surface area contributed by atoms with Crippen LogP contribution < -0.4 is 16.4 Å². The number of benzene rings is 1. The van der Waals surface area contributed by atoms with Gasteiger partial charge in [0.2, 0.25) is 5.91 Å². The van der Waals surface area contributed by atoms with Gasteiger partial charge in [0.1, 0.15) is 0 Å². The first kappa shape index (κ1) is 17.4. The molecule has 1 aromatic carbocycles. The van der Waals surface area contributed by atoms with Crippen molar-refractivity contribution in [2.75, 3.05) is 26.2 Å². The first-order valence-electron chi connectivity index (χ1n) is 9.57. The van der Waals surface area contributed by atoms with E-state index < -0.39 is 0 Å². The maximum atomic E-state index is 11.4. The van der Waals surface area contributed by atoms with Crippen LogP contribution in [-0.4, -0.2) is 32.1 Å². The van der Waals surface area contributed by atoms with Gasteiger partial charge in [-0.1, -0.05) is 12.1 Å². The lowest BCUT2D eigenvalue weighted by Crippen LogP contribution is -2.24. The molecule has 1 amide bonds. The number of hydrogen-bond acceptors (Lipinski definition) is 3. The van der Waals surface area contributed by atoms with Crippen LogP contribution >= 0.6 is 0 Å². The van der Waals surface area contributed by atoms with Crippen molar-refractivity contribution >= 4 is 5.91 Å². The van der Waals surface area contributed by atoms with Gasteiger partial charge in [-0.05, 0) is 100 Å². The van der Waals surface area contributed by atoms with Crippen molar-refractivity contribution in [2.45, 2.75) is 44.4 Å². The Morgan fingerprint density at radius 1 is 0.875 bits per heavy atom. The van der Waals surface area contributed by atoms with Gasteiger partial charge in [0.05, 0.1) is 0 Å². The number of rotatable bonds is 4. The van der Waals surface area contributed by atoms with Gasteiger partial charge >= 0.3 is 0 Å². The lowest BCUT2D eigenvalue weighted by Gasteiger charge is -2.33. The fourth-order valence-corrected chi connectivity index (χ4v) is 4.61. The Morgan fingerprint density at radius 2 is 1.42 bits per heavy atom. The highest BCUT2D eigenvalue weighted by Gasteiger charge is 2.31. The maximum Gasteiger partial charge on any atom is 0.248 e. The highest BCUT2D eigenvalue weighted by Crippen LogP contribution is 2.41. The van der Waals surface area contributed by atoms with Crippen LogP contribution in [0.2, 0.25) is 0 Å². The summed E-state index contributed by atoms with van der Waals surface area (Å²) >= 11 is 0. The van der Waals surface area contributed by atoms with E-state index in [1.54, 1.807) is 0 Å². The van der Waals surface area contributed by atoms with E-state index in [1.165, 1.54) is 44.1 Å². The van der Waals surface area contributed by atoms with E-state index in [2.05, 4.69) is 22.8 Å². The second-order valence-electron chi connectivity index (χ2n) is 7.39. The molecule has 0 bridgehead atoms. The third kappa shape index (κ3) is 4.37. The van der Waals surface area contributed by atoms with Crippen molar-refractivity contribution in [1.82, 2.24) is 10.6 Å². The van der Waals surface area contributed by atoms with Gasteiger partial charge in [-0.3, -0.25) is 4.79 Å². The molecule has 0 saturated carbocycles. The van der Waals surface area contributed by atoms with Crippen molar-refractivity contribution in [3.05, 3.63) is 35.4 Å². The fraction of sp³-hybridized carbons (Fsp3) is 0.650. The van der Waals surface area contributed by atoms with Gasteiger partial charge in [0, 0.05) is 5.56 Å². The van der Waals surface area contributed by atoms with Crippen LogP contribution in [0.4, 0.5) is 0 Å². The molecule has 4 nitrogen and oxygen atoms in total. The molecule has 1 aromatic rings. The topological polar surface area (TPSA) is 67.2 Å². The van der Waals surface area contributed by atoms with E-state index in [0.29, 0.717) is 11.5 Å². The summed E-state index contributed by atoms with van der Waals surface area (Å²) < 4.78 is 0. The summed E-state index contributed by atoms with van der Waals surface area (Å²) in [5, 5.41) is 7.10. The molecular formula is C20H31N3O. The third-order valence-electron chi connectivity index (χ3n) is 5.84. The molecular weight excluding hydrogens is 298 g/mol. The first-order valence-corrected chi connectivity index (χ1v) is 9.57. The highest BCUT2D eigenvalue weighted by molar-refractivity contribution is 5.92. The van der Waals surface area contributed by atoms with Crippen LogP contribution in [0.3, 0.4) is 0 Å². The fourth-order valence-electron chi connectivity index (χ4n) is 4.61. The van der Waals surface area contributed by atoms with Crippen molar-refractivity contribution < 1.29 is 4.79 Å². The molecule has 2 heterocycles. The zero-order valence-corrected chi connectivity index (χ0v) is 14.6. The van der Waals surface area contributed by atoms with E-state index in [4.69, 9.17) is 5.73 Å². The lowest BCUT2D eigenvalue weighted by molar-refractivity contribution is 0.100. The van der Waals surface area contributed by atoms with Gasteiger partial charge in [0.15, 0.2) is 0 Å². The molecule has 0 spiro atoms. The van der Waals surface area contributed by atoms with E-state index in [1.807, 2.05) is 12.1 Å². The summed E-state index contributed by atoms with van der Waals surface area (Å²) in [6.45, 7) is 4.56. The van der Waals surface area contributed by atoms with E-state index in [9.17, 15) is 4.79 Å². The van der Waals surface area contributed by atoms with Crippen LogP contribution in [0.15, 0.2) is 24.3 Å². The molecule has 2 aliphatic rings. The lowest BCUT2D eigenvalue weighted by atomic mass is 9.71. The Labute approximate surface area is 145 Å². The Morgan fingerprint density at radius 3 is 1.92 bits per heavy atom. The molecule has 0 aliphatic carbocycles. The Balaban J connectivity index is 1.85. The standard InChI is InChI=1S/C20H31N3O/c21-20(24)18-7-5-17(6-8-18)19(15-3-1-11-22-13-9-15)16-4-2-12-23-14-10-16/h5-8,15-16,19,22-23H,1-4,9-14H2,(H2,21,24). The van der Waals surface area contributed by atoms with E-state index in [0.717, 1.165) is 38.0 Å². The molecule has 2 fully saturated rings. The van der Waals surface area contributed by atoms with Gasteiger partial charge in [-0.25, -0.2) is 0 Å². The normalized spacial score (nSPS) is 27.0. The van der Waals surface area contributed by atoms with Gasteiger partial charge < -0.3 is 16.4 Å². The zero-order valence-electron chi connectivity index (χ0n) is 14.6. The van der Waals surface area contributed by atoms with Crippen LogP contribution in [0.1, 0.15) is 60.4 Å². The number of nitrogens with one attached hydrogen (secondary N) is 2. The number of primary amides is 1. The predicted molar refractivity (Wildman–Crippen MR) is 98.1 cm³/mol. The summed E-state index contributed by atoms with van der Waals surface area (Å²) in [6.07, 6.45) is 7.66. The van der Waals surface area contributed by atoms with Crippen molar-refractivity contribution in [1.29, 1.82) is 0 Å². The smallest absolute Gasteiger partial charge is 0.248 e. The minimum atomic E-state index is -0.338. The van der Waals surface area contributed by atoms with E-state index >= 15 is 0 Å². The highest BCUT2D eigenvalue weighted by atomic mass is 16.1. The van der Waals surface area contributed by atoms with E-state index in [-0.39, 0.29) is 5.91 Å². The molecule has 0 radical (unpaired) electrons. The molecule has 2 aliphatic heterocycles. The molecule has 132 valence electrons. The molecule has 3 rings (SSSR count). The molecule has 2 unspecified atom stereocenters. The largest absolute Gasteiger partial charge is 0.366 e. The van der Waals surface area contributed by atoms with Gasteiger partial charge in [-0.2, -0.15) is 0 Å². The number of nitrogens with two attached hydrogens (primary N) is 1. The van der Waals surface area contributed by atoms with Crippen LogP contribution in [-0.2, 0) is 0 Å². The average molecular weight is 329 g/mol. The van der Waals surface area contributed by atoms with Crippen LogP contribution in [0.25, 0.3) is 0 Å². The van der Waals surface area contributed by atoms with Gasteiger partial charge in [0.25, 0.3) is 0 Å². The quantitative estimate of drug-likeness (QED) is 0.795. The molecule has 4 N–H and O–H groups in total. The monoisotopic (exact) mass is 329 g/mol. The zero-order chi connectivity index (χ0) is 16.8. The predicted octanol–water partition coefficient (Wildman–Crippen LogP) is 2.65. The summed E-state index contributed by atoms with van der Waals surface area (Å²) in [4.78, 5) is 11.4. The van der Waals surface area contributed by atoms with Crippen molar-refractivity contribution in [2.24, 2.45) is 17.6 Å².